The molecule has 0 radical (unpaired) electrons. The van der Waals surface area contributed by atoms with Crippen molar-refractivity contribution in [3.63, 3.8) is 0 Å². The normalized spacial score (nSPS) is 17.8. The van der Waals surface area contributed by atoms with Crippen molar-refractivity contribution in [3.8, 4) is 0 Å². The minimum atomic E-state index is -1.02. The molecule has 6 heterocycles. The number of ether oxygens (including phenoxy) is 8. The van der Waals surface area contributed by atoms with Gasteiger partial charge in [0.25, 0.3) is 11.8 Å². The number of nitrogens with one attached hydrogen (secondary N) is 4. The fraction of sp³-hybridized carbons (Fsp3) is 0.579. The number of nitrogens with two attached hydrogens (primary N) is 1. The van der Waals surface area contributed by atoms with Gasteiger partial charge in [-0.2, -0.15) is 0 Å². The van der Waals surface area contributed by atoms with Crippen LogP contribution in [-0.4, -0.2) is 235 Å². The number of hydrogen-bond acceptors (Lipinski definition) is 20. The van der Waals surface area contributed by atoms with Crippen LogP contribution in [0, 0.1) is 0 Å². The number of nitrogens with zero attached hydrogens (tertiary/aromatic N) is 6. The highest BCUT2D eigenvalue weighted by atomic mass is 35.5. The van der Waals surface area contributed by atoms with Crippen molar-refractivity contribution in [2.75, 3.05) is 168 Å². The number of carbonyl (C=O) groups excluding carboxylic acids is 6. The van der Waals surface area contributed by atoms with E-state index in [4.69, 9.17) is 55.2 Å². The number of hydrogen-bond donors (Lipinski definition) is 5. The Labute approximate surface area is 487 Å². The number of halogens is 1. The summed E-state index contributed by atoms with van der Waals surface area (Å²) in [5, 5.41) is 10.2. The predicted molar refractivity (Wildman–Crippen MR) is 305 cm³/mol. The molecular formula is C57H78ClN11O14. The van der Waals surface area contributed by atoms with Crippen LogP contribution < -0.4 is 26.6 Å². The Morgan fingerprint density at radius 2 is 1.30 bits per heavy atom. The summed E-state index contributed by atoms with van der Waals surface area (Å²) in [6, 6.07) is 13.1. The molecule has 0 spiro atoms. The fourth-order valence-corrected chi connectivity index (χ4v) is 10.3. The third-order valence-electron chi connectivity index (χ3n) is 14.9. The number of fused-ring (bicyclic) bond motifs is 2. The lowest BCUT2D eigenvalue weighted by Gasteiger charge is -2.39. The molecule has 0 saturated carbocycles. The Kier molecular flexibility index (Phi) is 24.8. The highest BCUT2D eigenvalue weighted by Gasteiger charge is 2.46. The summed E-state index contributed by atoms with van der Waals surface area (Å²) < 4.78 is 44.7. The third-order valence-corrected chi connectivity index (χ3v) is 15.1. The van der Waals surface area contributed by atoms with Gasteiger partial charge in [0.2, 0.25) is 23.6 Å². The number of H-pyrrole nitrogens is 1. The second-order valence-corrected chi connectivity index (χ2v) is 20.9. The molecule has 4 aliphatic heterocycles. The summed E-state index contributed by atoms with van der Waals surface area (Å²) in [5.74, 6) is -1.47. The SMILES string of the molecule is NC1(C(=O)N[C@@H](CCN2CCN(C(=O)CCOCCOCCOCCOCCOCCOCCOCCOCCNc3cccc4c3C(=O)N(C3CCC(=O)NC3=O)C4=O)CC2)c2ccc(Cl)cc2)CCN(c2ncnc3[nH]ccc23)CC1. The number of imide groups is 2. The molecule has 452 valence electrons. The maximum absolute atomic E-state index is 13.9. The van der Waals surface area contributed by atoms with E-state index in [1.54, 1.807) is 24.5 Å². The number of aromatic amines is 1. The summed E-state index contributed by atoms with van der Waals surface area (Å²) in [5.41, 5.74) is 8.42. The van der Waals surface area contributed by atoms with E-state index in [9.17, 15) is 28.8 Å². The number of benzene rings is 2. The summed E-state index contributed by atoms with van der Waals surface area (Å²) in [6.45, 7) is 11.4. The van der Waals surface area contributed by atoms with Gasteiger partial charge < -0.3 is 69.0 Å². The van der Waals surface area contributed by atoms with Gasteiger partial charge in [0.1, 0.15) is 23.8 Å². The fourth-order valence-electron chi connectivity index (χ4n) is 10.2. The molecule has 2 aromatic carbocycles. The average Bonchev–Trinajstić information content (AvgIpc) is 2.54. The van der Waals surface area contributed by atoms with Crippen molar-refractivity contribution < 1.29 is 66.7 Å². The lowest BCUT2D eigenvalue weighted by Crippen LogP contribution is -2.60. The number of rotatable bonds is 36. The lowest BCUT2D eigenvalue weighted by atomic mass is 9.87. The number of aromatic nitrogens is 3. The van der Waals surface area contributed by atoms with E-state index in [1.165, 1.54) is 0 Å². The first-order valence-corrected chi connectivity index (χ1v) is 29.0. The van der Waals surface area contributed by atoms with Crippen LogP contribution in [0.1, 0.15) is 70.8 Å². The molecule has 4 aromatic rings. The minimum absolute atomic E-state index is 0.0560. The Morgan fingerprint density at radius 3 is 1.90 bits per heavy atom. The van der Waals surface area contributed by atoms with E-state index in [2.05, 4.69) is 40.7 Å². The molecular weight excluding hydrogens is 1100 g/mol. The van der Waals surface area contributed by atoms with Crippen molar-refractivity contribution in [3.05, 3.63) is 82.8 Å². The Bertz CT molecular complexity index is 2740. The first-order chi connectivity index (χ1) is 40.5. The first kappa shape index (κ1) is 62.8. The zero-order chi connectivity index (χ0) is 58.2. The second kappa shape index (κ2) is 32.7. The topological polar surface area (TPSA) is 293 Å². The molecule has 8 rings (SSSR count). The third kappa shape index (κ3) is 18.4. The Balaban J connectivity index is 0.557. The molecule has 26 heteroatoms. The monoisotopic (exact) mass is 1180 g/mol. The van der Waals surface area contributed by atoms with E-state index in [0.29, 0.717) is 175 Å². The largest absolute Gasteiger partial charge is 0.382 e. The molecule has 6 amide bonds. The number of piperidine rings is 2. The van der Waals surface area contributed by atoms with Crippen LogP contribution in [0.4, 0.5) is 11.5 Å². The number of amides is 6. The van der Waals surface area contributed by atoms with Crippen molar-refractivity contribution in [1.82, 2.24) is 40.3 Å². The zero-order valence-corrected chi connectivity index (χ0v) is 47.8. The van der Waals surface area contributed by atoms with Crippen molar-refractivity contribution >= 4 is 69.6 Å². The number of anilines is 2. The average molecular weight is 1180 g/mol. The maximum Gasteiger partial charge on any atom is 0.264 e. The molecule has 3 fully saturated rings. The Hall–Kier alpha value is -6.23. The first-order valence-electron chi connectivity index (χ1n) is 28.6. The van der Waals surface area contributed by atoms with Crippen LogP contribution >= 0.6 is 11.6 Å². The lowest BCUT2D eigenvalue weighted by molar-refractivity contribution is -0.136. The zero-order valence-electron chi connectivity index (χ0n) is 47.0. The number of carbonyl (C=O) groups is 6. The molecule has 0 bridgehead atoms. The van der Waals surface area contributed by atoms with Gasteiger partial charge in [-0.05, 0) is 61.6 Å². The molecule has 83 heavy (non-hydrogen) atoms. The van der Waals surface area contributed by atoms with Gasteiger partial charge in [0.15, 0.2) is 0 Å². The molecule has 4 aliphatic rings. The van der Waals surface area contributed by atoms with Gasteiger partial charge in [-0.3, -0.25) is 43.9 Å². The van der Waals surface area contributed by atoms with Gasteiger partial charge in [0, 0.05) is 75.7 Å². The molecule has 2 aromatic heterocycles. The summed E-state index contributed by atoms with van der Waals surface area (Å²) in [4.78, 5) is 96.3. The van der Waals surface area contributed by atoms with Crippen LogP contribution in [0.3, 0.4) is 0 Å². The Morgan fingerprint density at radius 1 is 0.711 bits per heavy atom. The van der Waals surface area contributed by atoms with Crippen LogP contribution in [0.2, 0.25) is 5.02 Å². The van der Waals surface area contributed by atoms with E-state index in [1.807, 2.05) is 41.4 Å². The van der Waals surface area contributed by atoms with Gasteiger partial charge in [-0.1, -0.05) is 29.8 Å². The van der Waals surface area contributed by atoms with Crippen molar-refractivity contribution in [1.29, 1.82) is 0 Å². The molecule has 3 saturated heterocycles. The van der Waals surface area contributed by atoms with Crippen LogP contribution in [0.5, 0.6) is 0 Å². The van der Waals surface area contributed by atoms with Gasteiger partial charge >= 0.3 is 0 Å². The summed E-state index contributed by atoms with van der Waals surface area (Å²) >= 11 is 6.24. The molecule has 0 aliphatic carbocycles. The van der Waals surface area contributed by atoms with Crippen molar-refractivity contribution in [2.45, 2.75) is 56.1 Å². The summed E-state index contributed by atoms with van der Waals surface area (Å²) in [7, 11) is 0. The molecule has 1 unspecified atom stereocenters. The highest BCUT2D eigenvalue weighted by molar-refractivity contribution is 6.30. The van der Waals surface area contributed by atoms with Gasteiger partial charge in [-0.25, -0.2) is 9.97 Å². The van der Waals surface area contributed by atoms with Crippen molar-refractivity contribution in [2.24, 2.45) is 5.73 Å². The number of piperazine rings is 1. The second-order valence-electron chi connectivity index (χ2n) is 20.4. The van der Waals surface area contributed by atoms with Crippen LogP contribution in [-0.2, 0) is 57.1 Å². The van der Waals surface area contributed by atoms with Crippen LogP contribution in [0.25, 0.3) is 11.0 Å². The maximum atomic E-state index is 13.9. The van der Waals surface area contributed by atoms with E-state index in [0.717, 1.165) is 46.9 Å². The summed E-state index contributed by atoms with van der Waals surface area (Å²) in [6.07, 6.45) is 5.48. The van der Waals surface area contributed by atoms with Crippen LogP contribution in [0.15, 0.2) is 61.1 Å². The molecule has 25 nitrogen and oxygen atoms in total. The predicted octanol–water partition coefficient (Wildman–Crippen LogP) is 2.34. The van der Waals surface area contributed by atoms with Gasteiger partial charge in [-0.15, -0.1) is 0 Å². The highest BCUT2D eigenvalue weighted by Crippen LogP contribution is 2.33. The molecule has 2 atom stereocenters. The standard InChI is InChI=1S/C57H78ClN11O14/c58-42-6-4-41(5-7-42)45(64-56(75)57(59)13-18-68(19-14-57)52-44-10-15-61-51(44)62-40-63-52)11-17-66-20-22-67(23-21-66)49(71)12-24-76-26-28-78-30-32-80-34-36-82-38-39-83-37-35-81-33-31-79-29-27-77-25-16-60-46-3-1-2-43-50(46)55(74)69(54(43)73)47-8-9-48(70)65-53(47)72/h1-7,10,15,40,45,47,60H,8-9,11-14,16-39,59H2,(H,64,75)(H,61,62,63)(H,65,70,72)/t45-,47?/m0/s1. The van der Waals surface area contributed by atoms with Gasteiger partial charge in [0.05, 0.1) is 140 Å². The van der Waals surface area contributed by atoms with E-state index < -0.39 is 35.2 Å². The smallest absolute Gasteiger partial charge is 0.264 e. The van der Waals surface area contributed by atoms with E-state index >= 15 is 0 Å². The molecule has 6 N–H and O–H groups in total. The minimum Gasteiger partial charge on any atom is -0.382 e. The van der Waals surface area contributed by atoms with E-state index in [-0.39, 0.29) is 41.8 Å². The quantitative estimate of drug-likeness (QED) is 0.0323.